The third-order valence-electron chi connectivity index (χ3n) is 10.6. The van der Waals surface area contributed by atoms with Crippen LogP contribution in [-0.4, -0.2) is 45.5 Å². The van der Waals surface area contributed by atoms with Gasteiger partial charge in [0.25, 0.3) is 11.8 Å². The molecule has 5 aromatic carbocycles. The van der Waals surface area contributed by atoms with E-state index in [1.165, 1.54) is 0 Å². The van der Waals surface area contributed by atoms with Crippen LogP contribution in [0.15, 0.2) is 133 Å². The Kier molecular flexibility index (Phi) is 8.90. The highest BCUT2D eigenvalue weighted by atomic mass is 16.5. The number of hydrogen-bond acceptors (Lipinski definition) is 6. The van der Waals surface area contributed by atoms with E-state index in [1.807, 2.05) is 91.0 Å². The standard InChI is InChI=1S/C44H39N3O6/c1-29(12-10-23-41(49)45-27-32-15-3-2-14-31(32)25-34(45)28-48)44(52)36-18-5-6-19-37(36)46(43(44)51)26-30-13-11-16-33(24-30)47-38-20-7-9-22-40(38)53-39-21-8-4-17-35(39)42(47)50/h2-22,24,29,34,48,52H,23,25-28H2,1H3/b12-10+/t29-,34-,44+/m0/s1. The second kappa shape index (κ2) is 13.8. The van der Waals surface area contributed by atoms with Crippen molar-refractivity contribution in [2.45, 2.75) is 44.5 Å². The molecule has 0 saturated heterocycles. The number of carbonyl (C=O) groups is 3. The molecule has 9 nitrogen and oxygen atoms in total. The van der Waals surface area contributed by atoms with E-state index < -0.39 is 17.4 Å². The van der Waals surface area contributed by atoms with Crippen LogP contribution >= 0.6 is 0 Å². The lowest BCUT2D eigenvalue weighted by Crippen LogP contribution is -2.46. The molecule has 0 bridgehead atoms. The summed E-state index contributed by atoms with van der Waals surface area (Å²) in [6, 6.07) is 36.8. The van der Waals surface area contributed by atoms with E-state index in [0.29, 0.717) is 52.7 Å². The summed E-state index contributed by atoms with van der Waals surface area (Å²) < 4.78 is 6.18. The Morgan fingerprint density at radius 2 is 1.57 bits per heavy atom. The quantitative estimate of drug-likeness (QED) is 0.168. The minimum Gasteiger partial charge on any atom is -0.454 e. The van der Waals surface area contributed by atoms with Crippen molar-refractivity contribution >= 4 is 34.8 Å². The number of anilines is 3. The third kappa shape index (κ3) is 5.97. The molecular weight excluding hydrogens is 666 g/mol. The molecule has 0 radical (unpaired) electrons. The Hall–Kier alpha value is -6.03. The highest BCUT2D eigenvalue weighted by molar-refractivity contribution is 6.14. The van der Waals surface area contributed by atoms with Gasteiger partial charge in [-0.25, -0.2) is 0 Å². The minimum absolute atomic E-state index is 0.0687. The molecule has 5 aromatic rings. The number of fused-ring (bicyclic) bond motifs is 4. The van der Waals surface area contributed by atoms with Crippen molar-refractivity contribution in [3.05, 3.63) is 161 Å². The molecule has 0 spiro atoms. The van der Waals surface area contributed by atoms with Gasteiger partial charge in [-0.1, -0.05) is 97.9 Å². The highest BCUT2D eigenvalue weighted by Gasteiger charge is 2.52. The van der Waals surface area contributed by atoms with Crippen molar-refractivity contribution in [2.75, 3.05) is 16.4 Å². The van der Waals surface area contributed by atoms with Gasteiger partial charge in [-0.3, -0.25) is 19.3 Å². The fourth-order valence-corrected chi connectivity index (χ4v) is 7.77. The highest BCUT2D eigenvalue weighted by Crippen LogP contribution is 2.46. The van der Waals surface area contributed by atoms with Crippen LogP contribution in [0.5, 0.6) is 11.5 Å². The summed E-state index contributed by atoms with van der Waals surface area (Å²) in [5.74, 6) is -0.490. The van der Waals surface area contributed by atoms with E-state index in [4.69, 9.17) is 4.74 Å². The van der Waals surface area contributed by atoms with Crippen LogP contribution in [0.4, 0.5) is 17.1 Å². The van der Waals surface area contributed by atoms with Crippen molar-refractivity contribution in [3.63, 3.8) is 0 Å². The van der Waals surface area contributed by atoms with Gasteiger partial charge in [0.1, 0.15) is 5.75 Å². The molecule has 2 N–H and O–H groups in total. The first kappa shape index (κ1) is 34.1. The lowest BCUT2D eigenvalue weighted by molar-refractivity contribution is -0.139. The van der Waals surface area contributed by atoms with Crippen LogP contribution in [-0.2, 0) is 34.7 Å². The second-order valence-corrected chi connectivity index (χ2v) is 13.8. The molecule has 3 aliphatic heterocycles. The number of benzene rings is 5. The Morgan fingerprint density at radius 3 is 2.38 bits per heavy atom. The Labute approximate surface area is 308 Å². The van der Waals surface area contributed by atoms with Gasteiger partial charge in [0.05, 0.1) is 36.1 Å². The van der Waals surface area contributed by atoms with Gasteiger partial charge in [-0.2, -0.15) is 0 Å². The fourth-order valence-electron chi connectivity index (χ4n) is 7.77. The SMILES string of the molecule is C[C@@H](/C=C/CC(=O)N1Cc2ccccc2C[C@H]1CO)[C@]1(O)C(=O)N(Cc2cccc(N3C(=O)c4ccccc4Oc4ccccc43)c2)c2ccccc21. The lowest BCUT2D eigenvalue weighted by atomic mass is 9.83. The molecule has 3 amide bonds. The van der Waals surface area contributed by atoms with Crippen molar-refractivity contribution in [1.82, 2.24) is 4.90 Å². The molecule has 266 valence electrons. The average molecular weight is 706 g/mol. The normalized spacial score (nSPS) is 19.6. The summed E-state index contributed by atoms with van der Waals surface area (Å²) in [6.07, 6.45) is 4.09. The lowest BCUT2D eigenvalue weighted by Gasteiger charge is -2.36. The molecule has 3 atom stereocenters. The van der Waals surface area contributed by atoms with E-state index in [-0.39, 0.29) is 37.4 Å². The molecule has 0 fully saturated rings. The van der Waals surface area contributed by atoms with Gasteiger partial charge in [-0.05, 0) is 65.6 Å². The number of ether oxygens (including phenoxy) is 1. The molecule has 3 heterocycles. The van der Waals surface area contributed by atoms with Gasteiger partial charge in [0.2, 0.25) is 5.91 Å². The Balaban J connectivity index is 1.03. The monoisotopic (exact) mass is 705 g/mol. The zero-order valence-corrected chi connectivity index (χ0v) is 29.3. The smallest absolute Gasteiger partial charge is 0.266 e. The van der Waals surface area contributed by atoms with Crippen LogP contribution in [0.2, 0.25) is 0 Å². The van der Waals surface area contributed by atoms with Crippen molar-refractivity contribution in [2.24, 2.45) is 5.92 Å². The summed E-state index contributed by atoms with van der Waals surface area (Å²) in [5, 5.41) is 22.3. The van der Waals surface area contributed by atoms with Gasteiger partial charge in [-0.15, -0.1) is 0 Å². The number of aliphatic hydroxyl groups is 2. The summed E-state index contributed by atoms with van der Waals surface area (Å²) in [7, 11) is 0. The summed E-state index contributed by atoms with van der Waals surface area (Å²) in [4.78, 5) is 46.7. The summed E-state index contributed by atoms with van der Waals surface area (Å²) in [5.41, 5.74) is 3.81. The zero-order valence-electron chi connectivity index (χ0n) is 29.3. The maximum atomic E-state index is 14.3. The number of para-hydroxylation sites is 4. The number of amides is 3. The first-order valence-corrected chi connectivity index (χ1v) is 17.8. The van der Waals surface area contributed by atoms with Crippen LogP contribution in [0.1, 0.15) is 46.0 Å². The fraction of sp³-hybridized carbons (Fsp3) is 0.205. The Morgan fingerprint density at radius 1 is 0.868 bits per heavy atom. The largest absolute Gasteiger partial charge is 0.454 e. The number of carbonyl (C=O) groups excluding carboxylic acids is 3. The van der Waals surface area contributed by atoms with E-state index in [0.717, 1.165) is 16.7 Å². The molecule has 53 heavy (non-hydrogen) atoms. The van der Waals surface area contributed by atoms with Gasteiger partial charge < -0.3 is 24.7 Å². The molecule has 0 aromatic heterocycles. The van der Waals surface area contributed by atoms with Crippen molar-refractivity contribution in [3.8, 4) is 11.5 Å². The third-order valence-corrected chi connectivity index (χ3v) is 10.6. The van der Waals surface area contributed by atoms with Crippen LogP contribution in [0, 0.1) is 5.92 Å². The molecule has 0 aliphatic carbocycles. The van der Waals surface area contributed by atoms with Crippen LogP contribution in [0.25, 0.3) is 0 Å². The summed E-state index contributed by atoms with van der Waals surface area (Å²) in [6.45, 7) is 2.22. The second-order valence-electron chi connectivity index (χ2n) is 13.8. The van der Waals surface area contributed by atoms with E-state index in [1.54, 1.807) is 64.1 Å². The molecule has 9 heteroatoms. The Bertz CT molecular complexity index is 2270. The number of hydrogen-bond donors (Lipinski definition) is 2. The molecule has 8 rings (SSSR count). The van der Waals surface area contributed by atoms with E-state index in [9.17, 15) is 24.6 Å². The molecule has 0 unspecified atom stereocenters. The maximum Gasteiger partial charge on any atom is 0.266 e. The van der Waals surface area contributed by atoms with E-state index >= 15 is 0 Å². The van der Waals surface area contributed by atoms with E-state index in [2.05, 4.69) is 0 Å². The minimum atomic E-state index is -1.87. The maximum absolute atomic E-state index is 14.3. The predicted octanol–water partition coefficient (Wildman–Crippen LogP) is 7.03. The first-order valence-electron chi connectivity index (χ1n) is 17.8. The predicted molar refractivity (Wildman–Crippen MR) is 202 cm³/mol. The molecule has 0 saturated carbocycles. The summed E-state index contributed by atoms with van der Waals surface area (Å²) >= 11 is 0. The van der Waals surface area contributed by atoms with Gasteiger partial charge >= 0.3 is 0 Å². The van der Waals surface area contributed by atoms with Gasteiger partial charge in [0, 0.05) is 30.1 Å². The van der Waals surface area contributed by atoms with Crippen molar-refractivity contribution in [1.29, 1.82) is 0 Å². The van der Waals surface area contributed by atoms with Crippen molar-refractivity contribution < 1.29 is 29.3 Å². The van der Waals surface area contributed by atoms with Crippen LogP contribution < -0.4 is 14.5 Å². The number of rotatable bonds is 8. The number of aliphatic hydroxyl groups excluding tert-OH is 1. The van der Waals surface area contributed by atoms with Crippen LogP contribution in [0.3, 0.4) is 0 Å². The zero-order chi connectivity index (χ0) is 36.7. The number of nitrogens with zero attached hydrogens (tertiary/aromatic N) is 3. The molecule has 3 aliphatic rings. The molecular formula is C44H39N3O6. The average Bonchev–Trinajstić information content (AvgIpc) is 3.31. The van der Waals surface area contributed by atoms with Gasteiger partial charge in [0.15, 0.2) is 11.4 Å². The topological polar surface area (TPSA) is 111 Å². The first-order chi connectivity index (χ1) is 25.8.